The maximum absolute atomic E-state index is 11.7. The Hall–Kier alpha value is -1.79. The molecule has 0 fully saturated rings. The molecule has 0 saturated heterocycles. The molecule has 0 aliphatic rings. The molecule has 0 bridgehead atoms. The van der Waals surface area contributed by atoms with Gasteiger partial charge >= 0.3 is 12.0 Å². The maximum atomic E-state index is 11.7. The average molecular weight is 301 g/mol. The van der Waals surface area contributed by atoms with E-state index in [0.717, 1.165) is 6.42 Å². The zero-order valence-corrected chi connectivity index (χ0v) is 13.0. The Morgan fingerprint density at radius 1 is 1.19 bits per heavy atom. The van der Waals surface area contributed by atoms with E-state index in [1.807, 2.05) is 6.92 Å². The van der Waals surface area contributed by atoms with Gasteiger partial charge in [0, 0.05) is 13.0 Å². The van der Waals surface area contributed by atoms with Gasteiger partial charge in [-0.05, 0) is 24.7 Å². The number of carbonyl (C=O) groups excluding carboxylic acids is 2. The van der Waals surface area contributed by atoms with E-state index in [2.05, 4.69) is 10.6 Å². The SMILES string of the molecule is CCC(CCNC(=O)NC(C(N)=O)C(C)C)CCC(=O)O. The van der Waals surface area contributed by atoms with Crippen LogP contribution in [0.3, 0.4) is 0 Å². The first-order chi connectivity index (χ1) is 9.77. The van der Waals surface area contributed by atoms with Gasteiger partial charge in [-0.3, -0.25) is 9.59 Å². The Balaban J connectivity index is 4.06. The van der Waals surface area contributed by atoms with Gasteiger partial charge in [0.25, 0.3) is 0 Å². The quantitative estimate of drug-likeness (QED) is 0.482. The van der Waals surface area contributed by atoms with Gasteiger partial charge in [0.1, 0.15) is 6.04 Å². The number of nitrogens with two attached hydrogens (primary N) is 1. The second-order valence-corrected chi connectivity index (χ2v) is 5.52. The molecule has 0 aliphatic carbocycles. The first kappa shape index (κ1) is 19.2. The second-order valence-electron chi connectivity index (χ2n) is 5.52. The number of aliphatic carboxylic acids is 1. The van der Waals surface area contributed by atoms with Crippen molar-refractivity contribution in [2.24, 2.45) is 17.6 Å². The second kappa shape index (κ2) is 10.0. The molecule has 0 aromatic carbocycles. The van der Waals surface area contributed by atoms with Crippen LogP contribution in [0.4, 0.5) is 4.79 Å². The number of hydrogen-bond donors (Lipinski definition) is 4. The van der Waals surface area contributed by atoms with Crippen molar-refractivity contribution >= 4 is 17.9 Å². The summed E-state index contributed by atoms with van der Waals surface area (Å²) >= 11 is 0. The molecule has 3 amide bonds. The lowest BCUT2D eigenvalue weighted by Crippen LogP contribution is -2.51. The summed E-state index contributed by atoms with van der Waals surface area (Å²) in [5.41, 5.74) is 5.22. The predicted octanol–water partition coefficient (Wildman–Crippen LogP) is 1.08. The minimum absolute atomic E-state index is 0.0767. The van der Waals surface area contributed by atoms with Crippen LogP contribution in [0.25, 0.3) is 0 Å². The molecule has 2 unspecified atom stereocenters. The lowest BCUT2D eigenvalue weighted by atomic mass is 9.97. The molecule has 0 aromatic heterocycles. The summed E-state index contributed by atoms with van der Waals surface area (Å²) in [6, 6.07) is -1.13. The molecule has 0 saturated carbocycles. The fraction of sp³-hybridized carbons (Fsp3) is 0.786. The van der Waals surface area contributed by atoms with Crippen molar-refractivity contribution < 1.29 is 19.5 Å². The third-order valence-electron chi connectivity index (χ3n) is 3.44. The number of carboxylic acids is 1. The number of hydrogen-bond acceptors (Lipinski definition) is 3. The van der Waals surface area contributed by atoms with Crippen molar-refractivity contribution in [3.63, 3.8) is 0 Å². The topological polar surface area (TPSA) is 122 Å². The molecule has 7 nitrogen and oxygen atoms in total. The summed E-state index contributed by atoms with van der Waals surface area (Å²) in [7, 11) is 0. The molecular formula is C14H27N3O4. The van der Waals surface area contributed by atoms with Crippen molar-refractivity contribution in [2.45, 2.75) is 52.5 Å². The largest absolute Gasteiger partial charge is 0.481 e. The van der Waals surface area contributed by atoms with Crippen LogP contribution >= 0.6 is 0 Å². The third-order valence-corrected chi connectivity index (χ3v) is 3.44. The van der Waals surface area contributed by atoms with Gasteiger partial charge in [0.05, 0.1) is 0 Å². The number of carbonyl (C=O) groups is 3. The van der Waals surface area contributed by atoms with Gasteiger partial charge in [-0.2, -0.15) is 0 Å². The van der Waals surface area contributed by atoms with Gasteiger partial charge in [-0.1, -0.05) is 27.2 Å². The summed E-state index contributed by atoms with van der Waals surface area (Å²) in [4.78, 5) is 33.4. The Kier molecular flexibility index (Phi) is 9.16. The van der Waals surface area contributed by atoms with Crippen molar-refractivity contribution in [3.05, 3.63) is 0 Å². The van der Waals surface area contributed by atoms with Crippen LogP contribution in [0.5, 0.6) is 0 Å². The fourth-order valence-electron chi connectivity index (χ4n) is 2.03. The zero-order chi connectivity index (χ0) is 16.4. The summed E-state index contributed by atoms with van der Waals surface area (Å²) in [5.74, 6) is -1.18. The van der Waals surface area contributed by atoms with Gasteiger partial charge < -0.3 is 21.5 Å². The van der Waals surface area contributed by atoms with Crippen molar-refractivity contribution in [2.75, 3.05) is 6.54 Å². The maximum Gasteiger partial charge on any atom is 0.315 e. The molecule has 5 N–H and O–H groups in total. The molecule has 0 radical (unpaired) electrons. The first-order valence-electron chi connectivity index (χ1n) is 7.33. The monoisotopic (exact) mass is 301 g/mol. The van der Waals surface area contributed by atoms with E-state index < -0.39 is 23.9 Å². The molecule has 0 rings (SSSR count). The van der Waals surface area contributed by atoms with Crippen LogP contribution < -0.4 is 16.4 Å². The van der Waals surface area contributed by atoms with Gasteiger partial charge in [-0.15, -0.1) is 0 Å². The standard InChI is InChI=1S/C14H27N3O4/c1-4-10(5-6-11(18)19)7-8-16-14(21)17-12(9(2)3)13(15)20/h9-10,12H,4-8H2,1-3H3,(H2,15,20)(H,18,19)(H2,16,17,21). The smallest absolute Gasteiger partial charge is 0.315 e. The highest BCUT2D eigenvalue weighted by Gasteiger charge is 2.21. The molecule has 122 valence electrons. The lowest BCUT2D eigenvalue weighted by Gasteiger charge is -2.20. The lowest BCUT2D eigenvalue weighted by molar-refractivity contribution is -0.137. The molecule has 2 atom stereocenters. The number of carboxylic acid groups (broad SMARTS) is 1. The molecule has 0 heterocycles. The fourth-order valence-corrected chi connectivity index (χ4v) is 2.03. The minimum atomic E-state index is -0.805. The Bertz CT molecular complexity index is 358. The Morgan fingerprint density at radius 3 is 2.24 bits per heavy atom. The van der Waals surface area contributed by atoms with Crippen molar-refractivity contribution in [3.8, 4) is 0 Å². The van der Waals surface area contributed by atoms with Crippen molar-refractivity contribution in [1.82, 2.24) is 10.6 Å². The molecule has 0 aliphatic heterocycles. The van der Waals surface area contributed by atoms with E-state index in [1.54, 1.807) is 13.8 Å². The Morgan fingerprint density at radius 2 is 1.81 bits per heavy atom. The number of amides is 3. The van der Waals surface area contributed by atoms with Gasteiger partial charge in [-0.25, -0.2) is 4.79 Å². The molecular weight excluding hydrogens is 274 g/mol. The van der Waals surface area contributed by atoms with E-state index in [0.29, 0.717) is 19.4 Å². The highest BCUT2D eigenvalue weighted by Crippen LogP contribution is 2.14. The van der Waals surface area contributed by atoms with E-state index in [1.165, 1.54) is 0 Å². The number of rotatable bonds is 10. The van der Waals surface area contributed by atoms with Gasteiger partial charge in [0.2, 0.25) is 5.91 Å². The van der Waals surface area contributed by atoms with E-state index >= 15 is 0 Å². The van der Waals surface area contributed by atoms with Crippen LogP contribution in [0.2, 0.25) is 0 Å². The highest BCUT2D eigenvalue weighted by molar-refractivity contribution is 5.86. The number of urea groups is 1. The van der Waals surface area contributed by atoms with Crippen LogP contribution in [0.15, 0.2) is 0 Å². The number of primary amides is 1. The summed E-state index contributed by atoms with van der Waals surface area (Å²) < 4.78 is 0. The summed E-state index contributed by atoms with van der Waals surface area (Å²) in [6.45, 7) is 6.03. The van der Waals surface area contributed by atoms with Crippen molar-refractivity contribution in [1.29, 1.82) is 0 Å². The van der Waals surface area contributed by atoms with E-state index in [4.69, 9.17) is 10.8 Å². The first-order valence-corrected chi connectivity index (χ1v) is 7.33. The highest BCUT2D eigenvalue weighted by atomic mass is 16.4. The minimum Gasteiger partial charge on any atom is -0.481 e. The molecule has 0 aromatic rings. The molecule has 7 heteroatoms. The van der Waals surface area contributed by atoms with E-state index in [-0.39, 0.29) is 18.3 Å². The van der Waals surface area contributed by atoms with Crippen LogP contribution in [-0.2, 0) is 9.59 Å². The van der Waals surface area contributed by atoms with Crippen LogP contribution in [-0.4, -0.2) is 35.6 Å². The third kappa shape index (κ3) is 8.88. The summed E-state index contributed by atoms with van der Waals surface area (Å²) in [5, 5.41) is 13.9. The average Bonchev–Trinajstić information content (AvgIpc) is 2.38. The van der Waals surface area contributed by atoms with E-state index in [9.17, 15) is 14.4 Å². The predicted molar refractivity (Wildman–Crippen MR) is 79.6 cm³/mol. The van der Waals surface area contributed by atoms with Gasteiger partial charge in [0.15, 0.2) is 0 Å². The number of nitrogens with one attached hydrogen (secondary N) is 2. The molecule has 21 heavy (non-hydrogen) atoms. The Labute approximate surface area is 125 Å². The normalized spacial score (nSPS) is 13.5. The summed E-state index contributed by atoms with van der Waals surface area (Å²) in [6.07, 6.45) is 2.32. The van der Waals surface area contributed by atoms with Crippen LogP contribution in [0, 0.1) is 11.8 Å². The zero-order valence-electron chi connectivity index (χ0n) is 13.0. The molecule has 0 spiro atoms. The van der Waals surface area contributed by atoms with Crippen LogP contribution in [0.1, 0.15) is 46.5 Å².